The predicted molar refractivity (Wildman–Crippen MR) is 112 cm³/mol. The van der Waals surface area contributed by atoms with Gasteiger partial charge in [-0.05, 0) is 49.2 Å². The molecule has 0 saturated heterocycles. The first kappa shape index (κ1) is 22.2. The van der Waals surface area contributed by atoms with Gasteiger partial charge in [0, 0.05) is 34.3 Å². The first-order valence-electron chi connectivity index (χ1n) is 8.79. The van der Waals surface area contributed by atoms with Crippen molar-refractivity contribution in [1.29, 1.82) is 10.5 Å². The first-order chi connectivity index (χ1) is 13.9. The smallest absolute Gasteiger partial charge is 0.240 e. The molecule has 2 rings (SSSR count). The summed E-state index contributed by atoms with van der Waals surface area (Å²) < 4.78 is 0. The van der Waals surface area contributed by atoms with Crippen LogP contribution in [-0.4, -0.2) is 11.8 Å². The van der Waals surface area contributed by atoms with Crippen LogP contribution >= 0.6 is 23.2 Å². The zero-order valence-electron chi connectivity index (χ0n) is 15.4. The van der Waals surface area contributed by atoms with E-state index in [1.54, 1.807) is 48.5 Å². The molecule has 0 aromatic heterocycles. The first-order valence-corrected chi connectivity index (χ1v) is 9.55. The van der Waals surface area contributed by atoms with E-state index >= 15 is 0 Å². The number of halogens is 2. The molecule has 0 saturated carbocycles. The highest BCUT2D eigenvalue weighted by Gasteiger charge is 2.45. The molecule has 2 aromatic carbocycles. The minimum Gasteiger partial charge on any atom is -0.325 e. The molecule has 0 bridgehead atoms. The molecule has 0 atom stereocenters. The van der Waals surface area contributed by atoms with E-state index in [9.17, 15) is 9.59 Å². The lowest BCUT2D eigenvalue weighted by atomic mass is 9.77. The summed E-state index contributed by atoms with van der Waals surface area (Å²) in [7, 11) is 0. The number of nitriles is 2. The second-order valence-corrected chi connectivity index (χ2v) is 7.20. The Morgan fingerprint density at radius 2 is 1.24 bits per heavy atom. The third kappa shape index (κ3) is 5.96. The Balaban J connectivity index is 2.39. The molecule has 8 heteroatoms. The largest absolute Gasteiger partial charge is 0.325 e. The van der Waals surface area contributed by atoms with E-state index in [1.807, 2.05) is 12.1 Å². The van der Waals surface area contributed by atoms with Crippen LogP contribution in [0.3, 0.4) is 0 Å². The van der Waals surface area contributed by atoms with Gasteiger partial charge in [0.15, 0.2) is 0 Å². The number of benzene rings is 2. The fourth-order valence-electron chi connectivity index (χ4n) is 2.85. The molecule has 29 heavy (non-hydrogen) atoms. The number of nitrogens with one attached hydrogen (secondary N) is 2. The van der Waals surface area contributed by atoms with E-state index in [0.717, 1.165) is 0 Å². The molecule has 0 radical (unpaired) electrons. The molecule has 6 nitrogen and oxygen atoms in total. The van der Waals surface area contributed by atoms with Gasteiger partial charge in [-0.2, -0.15) is 10.5 Å². The molecule has 0 aliphatic carbocycles. The van der Waals surface area contributed by atoms with Crippen molar-refractivity contribution in [3.63, 3.8) is 0 Å². The van der Waals surface area contributed by atoms with Crippen LogP contribution in [0.4, 0.5) is 11.4 Å². The van der Waals surface area contributed by atoms with E-state index < -0.39 is 17.2 Å². The lowest BCUT2D eigenvalue weighted by Gasteiger charge is -2.30. The molecule has 0 fully saturated rings. The van der Waals surface area contributed by atoms with Crippen LogP contribution in [0.15, 0.2) is 48.5 Å². The van der Waals surface area contributed by atoms with Gasteiger partial charge in [0.1, 0.15) is 5.41 Å². The maximum absolute atomic E-state index is 13.2. The number of hydrogen-bond acceptors (Lipinski definition) is 4. The number of amides is 2. The van der Waals surface area contributed by atoms with Crippen molar-refractivity contribution < 1.29 is 9.59 Å². The van der Waals surface area contributed by atoms with Gasteiger partial charge in [-0.25, -0.2) is 0 Å². The van der Waals surface area contributed by atoms with Crippen molar-refractivity contribution in [3.8, 4) is 12.1 Å². The van der Waals surface area contributed by atoms with E-state index in [0.29, 0.717) is 21.4 Å². The minimum atomic E-state index is -1.61. The van der Waals surface area contributed by atoms with Gasteiger partial charge in [-0.3, -0.25) is 9.59 Å². The second-order valence-electron chi connectivity index (χ2n) is 6.33. The van der Waals surface area contributed by atoms with Crippen LogP contribution in [0.25, 0.3) is 0 Å². The SMILES string of the molecule is N#CCCC(CCC#N)(C(=O)Nc1cccc(Cl)c1)C(=O)Nc1cccc(Cl)c1. The summed E-state index contributed by atoms with van der Waals surface area (Å²) in [4.78, 5) is 26.4. The molecule has 0 heterocycles. The summed E-state index contributed by atoms with van der Waals surface area (Å²) in [6, 6.07) is 16.9. The average Bonchev–Trinajstić information content (AvgIpc) is 2.68. The Morgan fingerprint density at radius 3 is 1.59 bits per heavy atom. The van der Waals surface area contributed by atoms with Gasteiger partial charge in [0.25, 0.3) is 0 Å². The van der Waals surface area contributed by atoms with Crippen LogP contribution < -0.4 is 10.6 Å². The Kier molecular flexibility index (Phi) is 8.03. The zero-order valence-corrected chi connectivity index (χ0v) is 16.9. The summed E-state index contributed by atoms with van der Waals surface area (Å²) in [5.41, 5.74) is -0.788. The van der Waals surface area contributed by atoms with Crippen LogP contribution in [0, 0.1) is 28.1 Å². The highest BCUT2D eigenvalue weighted by atomic mass is 35.5. The molecule has 0 aliphatic rings. The minimum absolute atomic E-state index is 0.0304. The summed E-state index contributed by atoms with van der Waals surface area (Å²) in [5, 5.41) is 24.3. The number of hydrogen-bond donors (Lipinski definition) is 2. The average molecular weight is 429 g/mol. The molecule has 0 spiro atoms. The molecule has 148 valence electrons. The maximum atomic E-state index is 13.2. The van der Waals surface area contributed by atoms with Gasteiger partial charge in [-0.15, -0.1) is 0 Å². The Morgan fingerprint density at radius 1 is 0.828 bits per heavy atom. The zero-order chi connectivity index (χ0) is 21.3. The summed E-state index contributed by atoms with van der Waals surface area (Å²) in [6.07, 6.45) is -0.136. The lowest BCUT2D eigenvalue weighted by molar-refractivity contribution is -0.138. The normalized spacial score (nSPS) is 10.5. The Hall–Kier alpha value is -3.06. The van der Waals surface area contributed by atoms with E-state index in [2.05, 4.69) is 10.6 Å². The van der Waals surface area contributed by atoms with Gasteiger partial charge in [0.2, 0.25) is 11.8 Å². The van der Waals surface area contributed by atoms with E-state index in [1.165, 1.54) is 0 Å². The molecular formula is C21H18Cl2N4O2. The lowest BCUT2D eigenvalue weighted by Crippen LogP contribution is -2.46. The van der Waals surface area contributed by atoms with Gasteiger partial charge in [0.05, 0.1) is 12.1 Å². The topological polar surface area (TPSA) is 106 Å². The summed E-state index contributed by atoms with van der Waals surface area (Å²) in [6.45, 7) is 0. The van der Waals surface area contributed by atoms with Crippen LogP contribution in [0.1, 0.15) is 25.7 Å². The molecular weight excluding hydrogens is 411 g/mol. The van der Waals surface area contributed by atoms with E-state index in [4.69, 9.17) is 33.7 Å². The highest BCUT2D eigenvalue weighted by molar-refractivity contribution is 6.31. The molecule has 2 amide bonds. The summed E-state index contributed by atoms with van der Waals surface area (Å²) in [5.74, 6) is -1.21. The molecule has 0 aliphatic heterocycles. The molecule has 2 aromatic rings. The van der Waals surface area contributed by atoms with Crippen LogP contribution in [0.5, 0.6) is 0 Å². The quantitative estimate of drug-likeness (QED) is 0.565. The van der Waals surface area contributed by atoms with Gasteiger partial charge in [-0.1, -0.05) is 35.3 Å². The standard InChI is InChI=1S/C21H18Cl2N4O2/c22-15-5-1-7-17(13-15)26-19(28)21(9-3-11-24,10-4-12-25)20(29)27-18-8-2-6-16(23)14-18/h1-2,5-8,13-14H,3-4,9-10H2,(H,26,28)(H,27,29). The maximum Gasteiger partial charge on any atom is 0.240 e. The number of carbonyl (C=O) groups is 2. The van der Waals surface area contributed by atoms with Crippen molar-refractivity contribution in [2.24, 2.45) is 5.41 Å². The third-order valence-corrected chi connectivity index (χ3v) is 4.83. The Bertz CT molecular complexity index is 900. The monoisotopic (exact) mass is 428 g/mol. The fourth-order valence-corrected chi connectivity index (χ4v) is 3.24. The van der Waals surface area contributed by atoms with Crippen molar-refractivity contribution in [3.05, 3.63) is 58.6 Å². The van der Waals surface area contributed by atoms with Crippen LogP contribution in [-0.2, 0) is 9.59 Å². The number of carbonyl (C=O) groups excluding carboxylic acids is 2. The molecule has 2 N–H and O–H groups in total. The van der Waals surface area contributed by atoms with Gasteiger partial charge < -0.3 is 10.6 Å². The number of rotatable bonds is 8. The fraction of sp³-hybridized carbons (Fsp3) is 0.238. The number of nitrogens with zero attached hydrogens (tertiary/aromatic N) is 2. The summed E-state index contributed by atoms with van der Waals surface area (Å²) >= 11 is 11.9. The van der Waals surface area contributed by atoms with E-state index in [-0.39, 0.29) is 25.7 Å². The van der Waals surface area contributed by atoms with Crippen molar-refractivity contribution in [1.82, 2.24) is 0 Å². The molecule has 0 unspecified atom stereocenters. The Labute approximate surface area is 179 Å². The van der Waals surface area contributed by atoms with Crippen LogP contribution in [0.2, 0.25) is 10.0 Å². The number of anilines is 2. The second kappa shape index (κ2) is 10.5. The van der Waals surface area contributed by atoms with Crippen molar-refractivity contribution in [2.45, 2.75) is 25.7 Å². The predicted octanol–water partition coefficient (Wildman–Crippen LogP) is 5.16. The highest BCUT2D eigenvalue weighted by Crippen LogP contribution is 2.34. The van der Waals surface area contributed by atoms with Crippen molar-refractivity contribution >= 4 is 46.4 Å². The third-order valence-electron chi connectivity index (χ3n) is 4.36. The van der Waals surface area contributed by atoms with Gasteiger partial charge >= 0.3 is 0 Å². The van der Waals surface area contributed by atoms with Crippen molar-refractivity contribution in [2.75, 3.05) is 10.6 Å².